The van der Waals surface area contributed by atoms with E-state index in [1.807, 2.05) is 78.6 Å². The van der Waals surface area contributed by atoms with Crippen molar-refractivity contribution < 1.29 is 19.2 Å². The van der Waals surface area contributed by atoms with Gasteiger partial charge in [0.05, 0.1) is 24.3 Å². The highest BCUT2D eigenvalue weighted by molar-refractivity contribution is 8.05. The second-order valence-corrected chi connectivity index (χ2v) is 10.2. The molecular formula is C27H22N4O5S. The Balaban J connectivity index is 1.32. The number of rotatable bonds is 5. The molecule has 0 radical (unpaired) electrons. The number of benzene rings is 2. The quantitative estimate of drug-likeness (QED) is 0.520. The molecule has 0 saturated carbocycles. The summed E-state index contributed by atoms with van der Waals surface area (Å²) in [5, 5.41) is 13.5. The zero-order valence-electron chi connectivity index (χ0n) is 20.0. The lowest BCUT2D eigenvalue weighted by Crippen LogP contribution is -2.40. The van der Waals surface area contributed by atoms with Gasteiger partial charge < -0.3 is 9.84 Å². The molecule has 2 aromatic carbocycles. The summed E-state index contributed by atoms with van der Waals surface area (Å²) in [6.07, 6.45) is 5.71. The van der Waals surface area contributed by atoms with E-state index in [9.17, 15) is 14.7 Å². The predicted molar refractivity (Wildman–Crippen MR) is 140 cm³/mol. The molecule has 1 aliphatic carbocycles. The number of nitrogens with zero attached hydrogens (tertiary/aromatic N) is 3. The molecule has 0 fully saturated rings. The highest BCUT2D eigenvalue weighted by Crippen LogP contribution is 2.56. The molecule has 37 heavy (non-hydrogen) atoms. The van der Waals surface area contributed by atoms with Gasteiger partial charge in [0, 0.05) is 16.4 Å². The third kappa shape index (κ3) is 3.55. The second-order valence-electron chi connectivity index (χ2n) is 8.86. The van der Waals surface area contributed by atoms with E-state index in [2.05, 4.69) is 14.7 Å². The smallest absolute Gasteiger partial charge is 0.439 e. The molecule has 2 atom stereocenters. The maximum atomic E-state index is 11.9. The molecule has 1 spiro atoms. The molecule has 3 heterocycles. The average Bonchev–Trinajstić information content (AvgIpc) is 3.57. The van der Waals surface area contributed by atoms with Crippen molar-refractivity contribution in [3.63, 3.8) is 0 Å². The summed E-state index contributed by atoms with van der Waals surface area (Å²) >= 11 is 1.33. The van der Waals surface area contributed by atoms with E-state index in [1.165, 1.54) is 11.8 Å². The van der Waals surface area contributed by atoms with Crippen molar-refractivity contribution in [3.05, 3.63) is 99.0 Å². The van der Waals surface area contributed by atoms with Crippen LogP contribution in [0.15, 0.2) is 97.2 Å². The minimum Gasteiger partial charge on any atom is -0.477 e. The van der Waals surface area contributed by atoms with Crippen LogP contribution in [0, 0.1) is 0 Å². The normalized spacial score (nSPS) is 22.0. The third-order valence-corrected chi connectivity index (χ3v) is 8.17. The molecule has 0 bridgehead atoms. The van der Waals surface area contributed by atoms with Crippen LogP contribution in [0.3, 0.4) is 0 Å². The Morgan fingerprint density at radius 2 is 1.97 bits per heavy atom. The molecule has 10 heteroatoms. The van der Waals surface area contributed by atoms with Gasteiger partial charge in [-0.1, -0.05) is 65.8 Å². The van der Waals surface area contributed by atoms with Gasteiger partial charge in [-0.3, -0.25) is 14.4 Å². The van der Waals surface area contributed by atoms with E-state index in [0.717, 1.165) is 28.0 Å². The minimum atomic E-state index is -0.937. The van der Waals surface area contributed by atoms with Crippen molar-refractivity contribution in [2.45, 2.75) is 24.3 Å². The van der Waals surface area contributed by atoms with Crippen LogP contribution in [0.4, 0.5) is 0 Å². The fourth-order valence-electron chi connectivity index (χ4n) is 5.18. The van der Waals surface area contributed by atoms with Gasteiger partial charge >= 0.3 is 11.7 Å². The van der Waals surface area contributed by atoms with Gasteiger partial charge in [-0.15, -0.1) is 11.8 Å². The molecular weight excluding hydrogens is 492 g/mol. The standard InChI is InChI=1S/C27H22N4O5S/c1-15-27-20(22(37-15)24(32)33)8-5-9-21(27)31(25(29-27)35-2)14-16-10-12-17(13-11-16)18-6-3-4-7-19(18)23-28-26(34)36-30-23/h3-13,15H,14H2,1-2H3,(H,32,33)(H,28,30,34). The topological polar surface area (TPSA) is 121 Å². The van der Waals surface area contributed by atoms with Crippen molar-refractivity contribution in [2.24, 2.45) is 4.99 Å². The Kier molecular flexibility index (Phi) is 5.41. The number of amidine groups is 1. The molecule has 3 aliphatic rings. The van der Waals surface area contributed by atoms with E-state index in [-0.39, 0.29) is 5.25 Å². The molecule has 6 rings (SSSR count). The van der Waals surface area contributed by atoms with Crippen LogP contribution in [0.2, 0.25) is 0 Å². The zero-order chi connectivity index (χ0) is 25.7. The molecule has 0 saturated heterocycles. The van der Waals surface area contributed by atoms with Crippen molar-refractivity contribution in [2.75, 3.05) is 7.11 Å². The number of aromatic amines is 1. The summed E-state index contributed by atoms with van der Waals surface area (Å²) in [6.45, 7) is 2.50. The van der Waals surface area contributed by atoms with Gasteiger partial charge in [-0.25, -0.2) is 14.6 Å². The van der Waals surface area contributed by atoms with E-state index in [4.69, 9.17) is 9.73 Å². The highest BCUT2D eigenvalue weighted by Gasteiger charge is 2.57. The largest absolute Gasteiger partial charge is 0.477 e. The van der Waals surface area contributed by atoms with Crippen molar-refractivity contribution in [1.82, 2.24) is 15.0 Å². The molecule has 2 N–H and O–H groups in total. The Labute approximate surface area is 215 Å². The van der Waals surface area contributed by atoms with E-state index in [0.29, 0.717) is 28.9 Å². The van der Waals surface area contributed by atoms with Crippen molar-refractivity contribution >= 4 is 23.8 Å². The van der Waals surface area contributed by atoms with Crippen LogP contribution in [0.1, 0.15) is 12.5 Å². The fourth-order valence-corrected chi connectivity index (χ4v) is 6.46. The fraction of sp³-hybridized carbons (Fsp3) is 0.185. The summed E-state index contributed by atoms with van der Waals surface area (Å²) in [6, 6.07) is 16.2. The molecule has 9 nitrogen and oxygen atoms in total. The number of hydrogen-bond donors (Lipinski definition) is 2. The molecule has 1 aromatic heterocycles. The summed E-state index contributed by atoms with van der Waals surface area (Å²) in [5.74, 6) is -1.17. The summed E-state index contributed by atoms with van der Waals surface area (Å²) in [5.41, 5.74) is 4.47. The summed E-state index contributed by atoms with van der Waals surface area (Å²) < 4.78 is 10.4. The number of hydrogen-bond acceptors (Lipinski definition) is 8. The van der Waals surface area contributed by atoms with Gasteiger partial charge in [-0.2, -0.15) is 0 Å². The lowest BCUT2D eigenvalue weighted by Gasteiger charge is -2.33. The minimum absolute atomic E-state index is 0.0956. The Bertz CT molecular complexity index is 1600. The Morgan fingerprint density at radius 1 is 1.22 bits per heavy atom. The predicted octanol–water partition coefficient (Wildman–Crippen LogP) is 4.18. The zero-order valence-corrected chi connectivity index (χ0v) is 20.8. The number of allylic oxidation sites excluding steroid dienone is 2. The lowest BCUT2D eigenvalue weighted by atomic mass is 9.81. The van der Waals surface area contributed by atoms with Crippen molar-refractivity contribution in [1.29, 1.82) is 0 Å². The number of nitrogens with one attached hydrogen (secondary N) is 1. The monoisotopic (exact) mass is 514 g/mol. The maximum absolute atomic E-state index is 11.9. The van der Waals surface area contributed by atoms with Gasteiger partial charge in [-0.05, 0) is 29.7 Å². The summed E-state index contributed by atoms with van der Waals surface area (Å²) in [4.78, 5) is 33.3. The van der Waals surface area contributed by atoms with E-state index in [1.54, 1.807) is 7.11 Å². The van der Waals surface area contributed by atoms with Crippen molar-refractivity contribution in [3.8, 4) is 22.5 Å². The Hall–Kier alpha value is -4.31. The first-order valence-corrected chi connectivity index (χ1v) is 12.5. The Morgan fingerprint density at radius 3 is 2.65 bits per heavy atom. The number of H-pyrrole nitrogens is 1. The second kappa shape index (κ2) is 8.67. The van der Waals surface area contributed by atoms with Gasteiger partial charge in [0.2, 0.25) is 0 Å². The van der Waals surface area contributed by atoms with E-state index < -0.39 is 17.3 Å². The lowest BCUT2D eigenvalue weighted by molar-refractivity contribution is -0.131. The van der Waals surface area contributed by atoms with Crippen LogP contribution < -0.4 is 5.76 Å². The number of ether oxygens (including phenoxy) is 1. The van der Waals surface area contributed by atoms with Gasteiger partial charge in [0.1, 0.15) is 5.54 Å². The SMILES string of the molecule is COC1=NC23C(=CC=CC2=C(C(=O)O)SC3C)N1Cc1ccc(-c2ccccc2-c2noc(=O)[nH]2)cc1. The first kappa shape index (κ1) is 23.1. The van der Waals surface area contributed by atoms with Gasteiger partial charge in [0.15, 0.2) is 5.82 Å². The number of aliphatic imine (C=N–C) groups is 1. The van der Waals surface area contributed by atoms with Crippen LogP contribution in [0.25, 0.3) is 22.5 Å². The number of carboxylic acids is 1. The molecule has 2 unspecified atom stereocenters. The van der Waals surface area contributed by atoms with Crippen LogP contribution >= 0.6 is 11.8 Å². The van der Waals surface area contributed by atoms with Crippen LogP contribution in [0.5, 0.6) is 0 Å². The van der Waals surface area contributed by atoms with Crippen LogP contribution in [-0.2, 0) is 16.1 Å². The number of carbonyl (C=O) groups is 1. The average molecular weight is 515 g/mol. The number of thioether (sulfide) groups is 1. The molecule has 2 aliphatic heterocycles. The first-order chi connectivity index (χ1) is 17.9. The maximum Gasteiger partial charge on any atom is 0.439 e. The summed E-state index contributed by atoms with van der Waals surface area (Å²) in [7, 11) is 1.58. The number of aliphatic carboxylic acids is 1. The first-order valence-electron chi connectivity index (χ1n) is 11.6. The highest BCUT2D eigenvalue weighted by atomic mass is 32.2. The number of methoxy groups -OCH3 is 1. The third-order valence-electron chi connectivity index (χ3n) is 6.84. The number of aromatic nitrogens is 2. The van der Waals surface area contributed by atoms with Gasteiger partial charge in [0.25, 0.3) is 6.02 Å². The van der Waals surface area contributed by atoms with E-state index >= 15 is 0 Å². The molecule has 0 amide bonds. The molecule has 3 aromatic rings. The number of carboxylic acid groups (broad SMARTS) is 1. The van der Waals surface area contributed by atoms with Crippen LogP contribution in [-0.4, -0.2) is 50.0 Å². The molecule has 186 valence electrons.